The summed E-state index contributed by atoms with van der Waals surface area (Å²) in [4.78, 5) is 50.4. The number of nitrogens with zero attached hydrogens (tertiary/aromatic N) is 3. The first-order chi connectivity index (χ1) is 16.1. The van der Waals surface area contributed by atoms with E-state index in [0.29, 0.717) is 36.8 Å². The third kappa shape index (κ3) is 3.38. The summed E-state index contributed by atoms with van der Waals surface area (Å²) in [7, 11) is 0. The van der Waals surface area contributed by atoms with Gasteiger partial charge in [-0.3, -0.25) is 19.7 Å². The molecule has 3 aliphatic rings. The fourth-order valence-electron chi connectivity index (χ4n) is 5.06. The van der Waals surface area contributed by atoms with E-state index in [-0.39, 0.29) is 29.0 Å². The van der Waals surface area contributed by atoms with Crippen LogP contribution in [0.2, 0.25) is 0 Å². The highest BCUT2D eigenvalue weighted by atomic mass is 32.2. The van der Waals surface area contributed by atoms with E-state index in [4.69, 9.17) is 0 Å². The Hall–Kier alpha value is -3.33. The summed E-state index contributed by atoms with van der Waals surface area (Å²) in [5.74, 6) is 0.403. The second-order valence-corrected chi connectivity index (χ2v) is 9.83. The molecule has 0 saturated carbocycles. The molecule has 33 heavy (non-hydrogen) atoms. The zero-order chi connectivity index (χ0) is 22.5. The molecule has 3 atom stereocenters. The lowest BCUT2D eigenvalue weighted by atomic mass is 9.96. The number of para-hydroxylation sites is 2. The number of hydrogen-bond acceptors (Lipinski definition) is 5. The zero-order valence-corrected chi connectivity index (χ0v) is 18.7. The topological polar surface area (TPSA) is 98.4 Å². The normalized spacial score (nSPS) is 24.1. The van der Waals surface area contributed by atoms with Gasteiger partial charge >= 0.3 is 0 Å². The van der Waals surface area contributed by atoms with Gasteiger partial charge in [0, 0.05) is 24.4 Å². The predicted molar refractivity (Wildman–Crippen MR) is 126 cm³/mol. The molecule has 3 aromatic rings. The summed E-state index contributed by atoms with van der Waals surface area (Å²) in [5.41, 5.74) is 3.33. The Labute approximate surface area is 194 Å². The lowest BCUT2D eigenvalue weighted by Crippen LogP contribution is -2.52. The minimum Gasteiger partial charge on any atom is -0.340 e. The maximum Gasteiger partial charge on any atom is 0.256 e. The van der Waals surface area contributed by atoms with Crippen LogP contribution in [0.15, 0.2) is 48.5 Å². The molecule has 0 radical (unpaired) electrons. The Morgan fingerprint density at radius 2 is 1.94 bits per heavy atom. The van der Waals surface area contributed by atoms with E-state index in [9.17, 15) is 14.4 Å². The maximum atomic E-state index is 13.5. The lowest BCUT2D eigenvalue weighted by molar-refractivity contribution is -0.138. The van der Waals surface area contributed by atoms with Crippen molar-refractivity contribution in [3.8, 4) is 0 Å². The number of carbonyl (C=O) groups is 3. The number of H-pyrrole nitrogens is 1. The molecular formula is C24H23N5O3S. The number of anilines is 1. The quantitative estimate of drug-likeness (QED) is 0.625. The first-order valence-corrected chi connectivity index (χ1v) is 12.2. The molecule has 0 aliphatic carbocycles. The molecular weight excluding hydrogens is 438 g/mol. The van der Waals surface area contributed by atoms with Crippen molar-refractivity contribution in [2.45, 2.75) is 24.3 Å². The van der Waals surface area contributed by atoms with Crippen molar-refractivity contribution in [3.05, 3.63) is 59.7 Å². The van der Waals surface area contributed by atoms with Gasteiger partial charge in [0.25, 0.3) is 5.91 Å². The van der Waals surface area contributed by atoms with Crippen molar-refractivity contribution in [3.63, 3.8) is 0 Å². The minimum absolute atomic E-state index is 0.0626. The number of aromatic amines is 1. The van der Waals surface area contributed by atoms with Crippen molar-refractivity contribution >= 4 is 46.5 Å². The van der Waals surface area contributed by atoms with Gasteiger partial charge in [-0.2, -0.15) is 0 Å². The van der Waals surface area contributed by atoms with Crippen LogP contribution in [0.4, 0.5) is 5.95 Å². The molecule has 0 spiro atoms. The van der Waals surface area contributed by atoms with Crippen molar-refractivity contribution in [1.29, 1.82) is 0 Å². The van der Waals surface area contributed by atoms with E-state index < -0.39 is 6.04 Å². The van der Waals surface area contributed by atoms with Gasteiger partial charge in [-0.15, -0.1) is 11.8 Å². The van der Waals surface area contributed by atoms with Gasteiger partial charge in [-0.1, -0.05) is 30.3 Å². The Balaban J connectivity index is 1.14. The lowest BCUT2D eigenvalue weighted by Gasteiger charge is -2.35. The molecule has 2 N–H and O–H groups in total. The van der Waals surface area contributed by atoms with E-state index in [1.54, 1.807) is 21.6 Å². The van der Waals surface area contributed by atoms with Gasteiger partial charge in [-0.05, 0) is 36.6 Å². The Kier molecular flexibility index (Phi) is 4.86. The number of fused-ring (bicyclic) bond motifs is 4. The molecule has 2 unspecified atom stereocenters. The summed E-state index contributed by atoms with van der Waals surface area (Å²) < 4.78 is 0. The van der Waals surface area contributed by atoms with Crippen LogP contribution in [0, 0.1) is 5.92 Å². The SMILES string of the molecule is O=C(Nc1nc2ccccc2[nH]1)C1CCCN(C(=O)[C@@H]2CSC3c4ccccc4C(=O)N32)C1. The summed E-state index contributed by atoms with van der Waals surface area (Å²) in [6.07, 6.45) is 1.47. The van der Waals surface area contributed by atoms with Crippen LogP contribution in [0.1, 0.15) is 34.1 Å². The number of imidazole rings is 1. The maximum absolute atomic E-state index is 13.5. The molecule has 2 fully saturated rings. The molecule has 2 saturated heterocycles. The molecule has 0 bridgehead atoms. The smallest absolute Gasteiger partial charge is 0.256 e. The second-order valence-electron chi connectivity index (χ2n) is 8.72. The summed E-state index contributed by atoms with van der Waals surface area (Å²) in [5, 5.41) is 2.78. The third-order valence-electron chi connectivity index (χ3n) is 6.71. The van der Waals surface area contributed by atoms with Crippen molar-refractivity contribution in [1.82, 2.24) is 19.8 Å². The zero-order valence-electron chi connectivity index (χ0n) is 17.9. The Morgan fingerprint density at radius 3 is 2.82 bits per heavy atom. The highest BCUT2D eigenvalue weighted by Crippen LogP contribution is 2.48. The van der Waals surface area contributed by atoms with E-state index >= 15 is 0 Å². The average molecular weight is 462 g/mol. The van der Waals surface area contributed by atoms with Gasteiger partial charge in [-0.25, -0.2) is 4.98 Å². The van der Waals surface area contributed by atoms with E-state index in [1.165, 1.54) is 0 Å². The second kappa shape index (κ2) is 7.91. The molecule has 1 aromatic heterocycles. The van der Waals surface area contributed by atoms with Gasteiger partial charge in [0.05, 0.1) is 17.0 Å². The van der Waals surface area contributed by atoms with Crippen LogP contribution in [0.3, 0.4) is 0 Å². The van der Waals surface area contributed by atoms with E-state index in [2.05, 4.69) is 15.3 Å². The fourth-order valence-corrected chi connectivity index (χ4v) is 6.52. The monoisotopic (exact) mass is 461 g/mol. The van der Waals surface area contributed by atoms with Crippen molar-refractivity contribution in [2.24, 2.45) is 5.92 Å². The number of likely N-dealkylation sites (tertiary alicyclic amines) is 1. The average Bonchev–Trinajstić information content (AvgIpc) is 3.53. The summed E-state index contributed by atoms with van der Waals surface area (Å²) >= 11 is 1.64. The highest BCUT2D eigenvalue weighted by molar-refractivity contribution is 7.99. The third-order valence-corrected chi connectivity index (χ3v) is 8.02. The van der Waals surface area contributed by atoms with Crippen LogP contribution in [0.25, 0.3) is 11.0 Å². The fraction of sp³-hybridized carbons (Fsp3) is 0.333. The van der Waals surface area contributed by atoms with Gasteiger partial charge in [0.2, 0.25) is 17.8 Å². The molecule has 3 aliphatic heterocycles. The first-order valence-electron chi connectivity index (χ1n) is 11.2. The van der Waals surface area contributed by atoms with Crippen LogP contribution >= 0.6 is 11.8 Å². The first kappa shape index (κ1) is 20.3. The highest BCUT2D eigenvalue weighted by Gasteiger charge is 2.49. The van der Waals surface area contributed by atoms with Crippen molar-refractivity contribution in [2.75, 3.05) is 24.2 Å². The van der Waals surface area contributed by atoms with Gasteiger partial charge < -0.3 is 14.8 Å². The number of thioether (sulfide) groups is 1. The largest absolute Gasteiger partial charge is 0.340 e. The van der Waals surface area contributed by atoms with E-state index in [1.807, 2.05) is 48.5 Å². The number of amides is 3. The number of carbonyl (C=O) groups excluding carboxylic acids is 3. The van der Waals surface area contributed by atoms with Gasteiger partial charge in [0.15, 0.2) is 0 Å². The van der Waals surface area contributed by atoms with Crippen LogP contribution < -0.4 is 5.32 Å². The Morgan fingerprint density at radius 1 is 1.12 bits per heavy atom. The van der Waals surface area contributed by atoms with Crippen LogP contribution in [0.5, 0.6) is 0 Å². The molecule has 4 heterocycles. The standard InChI is InChI=1S/C24H23N5O3S/c30-20(27-24-25-17-9-3-4-10-18(17)26-24)14-6-5-11-28(12-14)22(32)19-13-33-23-16-8-2-1-7-15(16)21(31)29(19)23/h1-4,7-10,14,19,23H,5-6,11-13H2,(H2,25,26,27,30)/t14?,19-,23?/m0/s1. The summed E-state index contributed by atoms with van der Waals surface area (Å²) in [6.45, 7) is 0.958. The number of hydrogen-bond donors (Lipinski definition) is 2. The predicted octanol–water partition coefficient (Wildman–Crippen LogP) is 3.01. The minimum atomic E-state index is -0.489. The van der Waals surface area contributed by atoms with Crippen LogP contribution in [-0.2, 0) is 9.59 Å². The van der Waals surface area contributed by atoms with Crippen molar-refractivity contribution < 1.29 is 14.4 Å². The molecule has 8 nitrogen and oxygen atoms in total. The molecule has 2 aromatic carbocycles. The molecule has 168 valence electrons. The van der Waals surface area contributed by atoms with Crippen LogP contribution in [-0.4, -0.2) is 62.4 Å². The Bertz CT molecular complexity index is 1240. The number of aromatic nitrogens is 2. The molecule has 9 heteroatoms. The molecule has 3 amide bonds. The summed E-state index contributed by atoms with van der Waals surface area (Å²) in [6, 6.07) is 14.7. The van der Waals surface area contributed by atoms with E-state index in [0.717, 1.165) is 23.0 Å². The number of benzene rings is 2. The number of rotatable bonds is 3. The number of nitrogens with one attached hydrogen (secondary N) is 2. The van der Waals surface area contributed by atoms with Gasteiger partial charge in [0.1, 0.15) is 11.4 Å². The molecule has 6 rings (SSSR count). The number of piperidine rings is 1.